The van der Waals surface area contributed by atoms with E-state index in [0.29, 0.717) is 13.2 Å². The lowest BCUT2D eigenvalue weighted by atomic mass is 10.0. The molecule has 0 saturated carbocycles. The highest BCUT2D eigenvalue weighted by molar-refractivity contribution is 5.53. The first-order valence-corrected chi connectivity index (χ1v) is 7.80. The molecule has 2 nitrogen and oxygen atoms in total. The van der Waals surface area contributed by atoms with Crippen molar-refractivity contribution in [2.24, 2.45) is 0 Å². The topological polar surface area (TPSA) is 18.5 Å². The maximum atomic E-state index is 5.76. The highest BCUT2D eigenvalue weighted by atomic mass is 16.7. The summed E-state index contributed by atoms with van der Waals surface area (Å²) in [7, 11) is 0. The van der Waals surface area contributed by atoms with Crippen LogP contribution in [0.1, 0.15) is 52.0 Å². The Morgan fingerprint density at radius 1 is 1.00 bits per heavy atom. The van der Waals surface area contributed by atoms with Crippen LogP contribution in [0.3, 0.4) is 0 Å². The van der Waals surface area contributed by atoms with E-state index in [2.05, 4.69) is 37.3 Å². The molecule has 0 aromatic heterocycles. The summed E-state index contributed by atoms with van der Waals surface area (Å²) in [6.07, 6.45) is 6.70. The van der Waals surface area contributed by atoms with Crippen molar-refractivity contribution in [1.29, 1.82) is 0 Å². The third-order valence-corrected chi connectivity index (χ3v) is 3.16. The van der Waals surface area contributed by atoms with Crippen molar-refractivity contribution < 1.29 is 9.47 Å². The molecule has 1 aromatic carbocycles. The Balaban J connectivity index is 2.84. The summed E-state index contributed by atoms with van der Waals surface area (Å²) in [5.41, 5.74) is 2.46. The minimum absolute atomic E-state index is 0.206. The van der Waals surface area contributed by atoms with Crippen LogP contribution >= 0.6 is 0 Å². The van der Waals surface area contributed by atoms with Crippen LogP contribution in [0.25, 0.3) is 6.08 Å². The predicted octanol–water partition coefficient (Wildman–Crippen LogP) is 5.05. The van der Waals surface area contributed by atoms with E-state index < -0.39 is 0 Å². The first kappa shape index (κ1) is 16.9. The minimum Gasteiger partial charge on any atom is -0.349 e. The molecule has 0 heterocycles. The number of hydrogen-bond acceptors (Lipinski definition) is 2. The predicted molar refractivity (Wildman–Crippen MR) is 85.6 cm³/mol. The van der Waals surface area contributed by atoms with E-state index in [1.54, 1.807) is 0 Å². The lowest BCUT2D eigenvalue weighted by Crippen LogP contribution is -2.20. The molecule has 0 aliphatic carbocycles. The number of hydrogen-bond donors (Lipinski definition) is 0. The largest absolute Gasteiger partial charge is 0.349 e. The van der Waals surface area contributed by atoms with Gasteiger partial charge in [0.05, 0.1) is 0 Å². The van der Waals surface area contributed by atoms with Gasteiger partial charge in [-0.1, -0.05) is 56.2 Å². The molecule has 20 heavy (non-hydrogen) atoms. The van der Waals surface area contributed by atoms with Gasteiger partial charge in [0.2, 0.25) is 0 Å². The minimum atomic E-state index is -0.206. The van der Waals surface area contributed by atoms with E-state index in [1.807, 2.05) is 19.9 Å². The van der Waals surface area contributed by atoms with Crippen LogP contribution in [0.5, 0.6) is 0 Å². The van der Waals surface area contributed by atoms with E-state index in [-0.39, 0.29) is 6.29 Å². The molecule has 1 rings (SSSR count). The molecular formula is C18H28O2. The molecular weight excluding hydrogens is 248 g/mol. The van der Waals surface area contributed by atoms with Crippen molar-refractivity contribution >= 4 is 6.08 Å². The molecule has 0 fully saturated rings. The van der Waals surface area contributed by atoms with E-state index >= 15 is 0 Å². The van der Waals surface area contributed by atoms with Crippen LogP contribution in [0.2, 0.25) is 0 Å². The second-order valence-corrected chi connectivity index (χ2v) is 4.83. The molecule has 112 valence electrons. The van der Waals surface area contributed by atoms with Crippen LogP contribution in [0, 0.1) is 0 Å². The summed E-state index contributed by atoms with van der Waals surface area (Å²) >= 11 is 0. The highest BCUT2D eigenvalue weighted by Gasteiger charge is 2.14. The average molecular weight is 276 g/mol. The Bertz CT molecular complexity index is 364. The zero-order valence-corrected chi connectivity index (χ0v) is 13.1. The van der Waals surface area contributed by atoms with Gasteiger partial charge < -0.3 is 9.47 Å². The van der Waals surface area contributed by atoms with Crippen LogP contribution in [0.15, 0.2) is 35.9 Å². The second-order valence-electron chi connectivity index (χ2n) is 4.83. The fraction of sp³-hybridized carbons (Fsp3) is 0.556. The van der Waals surface area contributed by atoms with Gasteiger partial charge in [0.1, 0.15) is 0 Å². The van der Waals surface area contributed by atoms with Crippen molar-refractivity contribution in [2.75, 3.05) is 13.2 Å². The van der Waals surface area contributed by atoms with Crippen molar-refractivity contribution in [2.45, 2.75) is 52.7 Å². The zero-order chi connectivity index (χ0) is 14.6. The number of rotatable bonds is 10. The summed E-state index contributed by atoms with van der Waals surface area (Å²) in [6, 6.07) is 10.4. The summed E-state index contributed by atoms with van der Waals surface area (Å²) < 4.78 is 11.5. The van der Waals surface area contributed by atoms with Crippen LogP contribution in [-0.2, 0) is 9.47 Å². The average Bonchev–Trinajstić information content (AvgIpc) is 2.47. The first-order chi connectivity index (χ1) is 9.81. The third-order valence-electron chi connectivity index (χ3n) is 3.16. The SMILES string of the molecule is CCCCC/C(=C\c1ccccc1)C(OCC)OCC. The number of ether oxygens (including phenoxy) is 2. The normalized spacial score (nSPS) is 12.1. The maximum Gasteiger partial charge on any atom is 0.180 e. The van der Waals surface area contributed by atoms with Crippen LogP contribution in [0.4, 0.5) is 0 Å². The van der Waals surface area contributed by atoms with Crippen molar-refractivity contribution in [1.82, 2.24) is 0 Å². The maximum absolute atomic E-state index is 5.76. The van der Waals surface area contributed by atoms with Gasteiger partial charge in [0, 0.05) is 13.2 Å². The lowest BCUT2D eigenvalue weighted by Gasteiger charge is -2.20. The van der Waals surface area contributed by atoms with Gasteiger partial charge in [-0.2, -0.15) is 0 Å². The number of benzene rings is 1. The van der Waals surface area contributed by atoms with Crippen LogP contribution < -0.4 is 0 Å². The quantitative estimate of drug-likeness (QED) is 0.440. The summed E-state index contributed by atoms with van der Waals surface area (Å²) in [6.45, 7) is 7.59. The van der Waals surface area contributed by atoms with Gasteiger partial charge in [-0.15, -0.1) is 0 Å². The van der Waals surface area contributed by atoms with E-state index in [1.165, 1.54) is 30.4 Å². The molecule has 1 aromatic rings. The Kier molecular flexibility index (Phi) is 9.01. The molecule has 0 unspecified atom stereocenters. The van der Waals surface area contributed by atoms with E-state index in [4.69, 9.17) is 9.47 Å². The van der Waals surface area contributed by atoms with Crippen molar-refractivity contribution in [3.05, 3.63) is 41.5 Å². The molecule has 2 heteroatoms. The Labute approximate surface area is 123 Å². The van der Waals surface area contributed by atoms with Gasteiger partial charge in [-0.25, -0.2) is 0 Å². The van der Waals surface area contributed by atoms with Gasteiger partial charge >= 0.3 is 0 Å². The fourth-order valence-electron chi connectivity index (χ4n) is 2.17. The molecule has 0 radical (unpaired) electrons. The summed E-state index contributed by atoms with van der Waals surface area (Å²) in [4.78, 5) is 0. The monoisotopic (exact) mass is 276 g/mol. The standard InChI is InChI=1S/C18H28O2/c1-4-7-9-14-17(18(19-5-2)20-6-3)15-16-12-10-8-11-13-16/h8,10-13,15,18H,4-7,9,14H2,1-3H3/b17-15+. The molecule has 0 spiro atoms. The zero-order valence-electron chi connectivity index (χ0n) is 13.1. The van der Waals surface area contributed by atoms with E-state index in [0.717, 1.165) is 6.42 Å². The Morgan fingerprint density at radius 3 is 2.20 bits per heavy atom. The number of unbranched alkanes of at least 4 members (excludes halogenated alkanes) is 2. The summed E-state index contributed by atoms with van der Waals surface area (Å²) in [5, 5.41) is 0. The molecule has 0 atom stereocenters. The fourth-order valence-corrected chi connectivity index (χ4v) is 2.17. The Hall–Kier alpha value is -1.12. The second kappa shape index (κ2) is 10.6. The third kappa shape index (κ3) is 6.36. The van der Waals surface area contributed by atoms with Crippen molar-refractivity contribution in [3.8, 4) is 0 Å². The highest BCUT2D eigenvalue weighted by Crippen LogP contribution is 2.20. The van der Waals surface area contributed by atoms with Gasteiger partial charge in [0.15, 0.2) is 6.29 Å². The summed E-state index contributed by atoms with van der Waals surface area (Å²) in [5.74, 6) is 0. The smallest absolute Gasteiger partial charge is 0.180 e. The molecule has 0 amide bonds. The lowest BCUT2D eigenvalue weighted by molar-refractivity contribution is -0.112. The van der Waals surface area contributed by atoms with Crippen LogP contribution in [-0.4, -0.2) is 19.5 Å². The van der Waals surface area contributed by atoms with E-state index in [9.17, 15) is 0 Å². The van der Waals surface area contributed by atoms with Gasteiger partial charge in [-0.3, -0.25) is 0 Å². The van der Waals surface area contributed by atoms with Gasteiger partial charge in [0.25, 0.3) is 0 Å². The molecule has 0 N–H and O–H groups in total. The molecule has 0 aliphatic heterocycles. The Morgan fingerprint density at radius 2 is 1.65 bits per heavy atom. The molecule has 0 bridgehead atoms. The first-order valence-electron chi connectivity index (χ1n) is 7.80. The van der Waals surface area contributed by atoms with Gasteiger partial charge in [-0.05, 0) is 37.8 Å². The van der Waals surface area contributed by atoms with Crippen molar-refractivity contribution in [3.63, 3.8) is 0 Å². The molecule has 0 saturated heterocycles. The molecule has 0 aliphatic rings.